The van der Waals surface area contributed by atoms with Crippen LogP contribution < -0.4 is 36.3 Å². The minimum atomic E-state index is -4.60. The van der Waals surface area contributed by atoms with Crippen molar-refractivity contribution >= 4 is 23.3 Å². The van der Waals surface area contributed by atoms with Crippen LogP contribution in [0.4, 0.5) is 29.3 Å². The molecular formula is C25H27F3N6O4. The number of carbonyl (C=O) groups excluding carboxylic acids is 2. The normalized spacial score (nSPS) is 10.9. The highest BCUT2D eigenvalue weighted by Crippen LogP contribution is 2.35. The fourth-order valence-electron chi connectivity index (χ4n) is 3.13. The fraction of sp³-hybridized carbons (Fsp3) is 0.240. The maximum Gasteiger partial charge on any atom is 0.416 e. The summed E-state index contributed by atoms with van der Waals surface area (Å²) in [6.07, 6.45) is -3.16. The molecule has 0 aliphatic rings. The van der Waals surface area contributed by atoms with Crippen molar-refractivity contribution in [1.82, 2.24) is 21.0 Å². The molecule has 10 nitrogen and oxygen atoms in total. The Morgan fingerprint density at radius 3 is 2.45 bits per heavy atom. The Bertz CT molecular complexity index is 1290. The molecule has 5 N–H and O–H groups in total. The first-order valence-electron chi connectivity index (χ1n) is 11.4. The molecular weight excluding hydrogens is 505 g/mol. The first-order valence-corrected chi connectivity index (χ1v) is 11.4. The van der Waals surface area contributed by atoms with E-state index in [-0.39, 0.29) is 29.6 Å². The number of amides is 3. The van der Waals surface area contributed by atoms with Crippen LogP contribution >= 0.6 is 0 Å². The summed E-state index contributed by atoms with van der Waals surface area (Å²) in [5.41, 5.74) is 5.43. The number of hydrogen-bond donors (Lipinski definition) is 5. The van der Waals surface area contributed by atoms with Crippen LogP contribution in [0, 0.1) is 6.92 Å². The predicted molar refractivity (Wildman–Crippen MR) is 136 cm³/mol. The van der Waals surface area contributed by atoms with Gasteiger partial charge >= 0.3 is 12.2 Å². The molecule has 0 bridgehead atoms. The molecule has 3 rings (SSSR count). The van der Waals surface area contributed by atoms with E-state index in [1.54, 1.807) is 38.2 Å². The molecule has 0 atom stereocenters. The SMILES string of the molecule is CNCCOc1ccc(C(F)(F)F)cc1NC(=O)NNc1cc(Oc2ccnc(C(=O)NC)c2)ccc1C. The van der Waals surface area contributed by atoms with Crippen molar-refractivity contribution in [2.24, 2.45) is 0 Å². The molecule has 0 saturated carbocycles. The fourth-order valence-corrected chi connectivity index (χ4v) is 3.13. The van der Waals surface area contributed by atoms with Gasteiger partial charge < -0.3 is 25.4 Å². The van der Waals surface area contributed by atoms with Crippen LogP contribution in [0.2, 0.25) is 0 Å². The summed E-state index contributed by atoms with van der Waals surface area (Å²) in [5, 5.41) is 7.72. The van der Waals surface area contributed by atoms with Crippen molar-refractivity contribution in [3.63, 3.8) is 0 Å². The monoisotopic (exact) mass is 532 g/mol. The number of anilines is 2. The lowest BCUT2D eigenvalue weighted by Crippen LogP contribution is -2.34. The summed E-state index contributed by atoms with van der Waals surface area (Å²) < 4.78 is 50.9. The Labute approximate surface area is 216 Å². The number of hydrogen-bond acceptors (Lipinski definition) is 7. The third-order valence-electron chi connectivity index (χ3n) is 5.11. The van der Waals surface area contributed by atoms with Crippen molar-refractivity contribution in [3.8, 4) is 17.2 Å². The molecule has 1 aromatic heterocycles. The lowest BCUT2D eigenvalue weighted by atomic mass is 10.2. The Kier molecular flexibility index (Phi) is 9.33. The molecule has 0 fully saturated rings. The number of aromatic nitrogens is 1. The number of nitrogens with one attached hydrogen (secondary N) is 5. The van der Waals surface area contributed by atoms with Crippen LogP contribution in [0.5, 0.6) is 17.2 Å². The van der Waals surface area contributed by atoms with Crippen LogP contribution in [0.15, 0.2) is 54.7 Å². The van der Waals surface area contributed by atoms with E-state index in [1.165, 1.54) is 19.3 Å². The highest BCUT2D eigenvalue weighted by atomic mass is 19.4. The van der Waals surface area contributed by atoms with Crippen molar-refractivity contribution in [3.05, 3.63) is 71.5 Å². The van der Waals surface area contributed by atoms with E-state index in [9.17, 15) is 22.8 Å². The Hall–Kier alpha value is -4.52. The highest BCUT2D eigenvalue weighted by molar-refractivity contribution is 5.92. The van der Waals surface area contributed by atoms with E-state index in [0.29, 0.717) is 23.7 Å². The number of urea groups is 1. The van der Waals surface area contributed by atoms with Crippen LogP contribution in [-0.4, -0.2) is 44.2 Å². The van der Waals surface area contributed by atoms with Gasteiger partial charge in [0, 0.05) is 31.9 Å². The molecule has 13 heteroatoms. The molecule has 0 aliphatic carbocycles. The van der Waals surface area contributed by atoms with Crippen LogP contribution in [0.3, 0.4) is 0 Å². The smallest absolute Gasteiger partial charge is 0.416 e. The lowest BCUT2D eigenvalue weighted by Gasteiger charge is -2.17. The quantitative estimate of drug-likeness (QED) is 0.195. The molecule has 3 amide bonds. The van der Waals surface area contributed by atoms with Gasteiger partial charge in [0.1, 0.15) is 29.5 Å². The van der Waals surface area contributed by atoms with Gasteiger partial charge in [-0.15, -0.1) is 0 Å². The molecule has 1 heterocycles. The molecule has 0 spiro atoms. The number of aryl methyl sites for hydroxylation is 1. The number of alkyl halides is 3. The number of nitrogens with zero attached hydrogens (tertiary/aromatic N) is 1. The Morgan fingerprint density at radius 2 is 1.74 bits per heavy atom. The summed E-state index contributed by atoms with van der Waals surface area (Å²) in [6, 6.07) is 10.1. The molecule has 3 aromatic rings. The van der Waals surface area contributed by atoms with E-state index in [2.05, 4.69) is 31.8 Å². The zero-order valence-electron chi connectivity index (χ0n) is 20.8. The van der Waals surface area contributed by atoms with Crippen molar-refractivity contribution in [2.45, 2.75) is 13.1 Å². The number of hydrazine groups is 1. The molecule has 0 unspecified atom stereocenters. The number of rotatable bonds is 10. The van der Waals surface area contributed by atoms with E-state index >= 15 is 0 Å². The third-order valence-corrected chi connectivity index (χ3v) is 5.11. The van der Waals surface area contributed by atoms with Crippen molar-refractivity contribution in [1.29, 1.82) is 0 Å². The molecule has 2 aromatic carbocycles. The highest BCUT2D eigenvalue weighted by Gasteiger charge is 2.31. The van der Waals surface area contributed by atoms with Gasteiger partial charge in [0.05, 0.1) is 16.9 Å². The maximum absolute atomic E-state index is 13.2. The summed E-state index contributed by atoms with van der Waals surface area (Å²) >= 11 is 0. The maximum atomic E-state index is 13.2. The number of ether oxygens (including phenoxy) is 2. The van der Waals surface area contributed by atoms with Gasteiger partial charge in [-0.05, 0) is 49.9 Å². The number of halogens is 3. The standard InChI is InChI=1S/C25H27F3N6O4/c1-15-4-6-17(38-18-8-9-31-21(14-18)23(35)30-3)13-19(15)33-34-24(36)32-20-12-16(25(26,27)28)5-7-22(20)37-11-10-29-2/h4-9,12-14,29,33H,10-11H2,1-3H3,(H,30,35)(H2,32,34,36). The predicted octanol–water partition coefficient (Wildman–Crippen LogP) is 4.31. The zero-order chi connectivity index (χ0) is 27.7. The molecule has 0 aliphatic heterocycles. The minimum Gasteiger partial charge on any atom is -0.490 e. The number of carbonyl (C=O) groups is 2. The minimum absolute atomic E-state index is 0.0865. The van der Waals surface area contributed by atoms with Crippen LogP contribution in [0.25, 0.3) is 0 Å². The van der Waals surface area contributed by atoms with Gasteiger partial charge in [-0.2, -0.15) is 13.2 Å². The van der Waals surface area contributed by atoms with E-state index in [4.69, 9.17) is 9.47 Å². The van der Waals surface area contributed by atoms with Gasteiger partial charge in [0.2, 0.25) is 0 Å². The Balaban J connectivity index is 1.70. The summed E-state index contributed by atoms with van der Waals surface area (Å²) in [6.45, 7) is 2.42. The lowest BCUT2D eigenvalue weighted by molar-refractivity contribution is -0.137. The van der Waals surface area contributed by atoms with Crippen LogP contribution in [-0.2, 0) is 6.18 Å². The summed E-state index contributed by atoms with van der Waals surface area (Å²) in [5.74, 6) is 0.485. The topological polar surface area (TPSA) is 126 Å². The third kappa shape index (κ3) is 7.74. The zero-order valence-corrected chi connectivity index (χ0v) is 20.8. The van der Waals surface area contributed by atoms with Gasteiger partial charge in [-0.1, -0.05) is 6.07 Å². The van der Waals surface area contributed by atoms with Gasteiger partial charge in [-0.3, -0.25) is 20.6 Å². The molecule has 0 radical (unpaired) electrons. The molecule has 38 heavy (non-hydrogen) atoms. The largest absolute Gasteiger partial charge is 0.490 e. The van der Waals surface area contributed by atoms with Crippen LogP contribution in [0.1, 0.15) is 21.6 Å². The van der Waals surface area contributed by atoms with Gasteiger partial charge in [0.15, 0.2) is 0 Å². The number of likely N-dealkylation sites (N-methyl/N-ethyl adjacent to an activating group) is 1. The first kappa shape index (κ1) is 28.1. The average molecular weight is 533 g/mol. The second kappa shape index (κ2) is 12.6. The second-order valence-corrected chi connectivity index (χ2v) is 7.90. The van der Waals surface area contributed by atoms with E-state index in [0.717, 1.165) is 23.8 Å². The Morgan fingerprint density at radius 1 is 0.974 bits per heavy atom. The second-order valence-electron chi connectivity index (χ2n) is 7.90. The molecule has 0 saturated heterocycles. The average Bonchev–Trinajstić information content (AvgIpc) is 2.89. The molecule has 202 valence electrons. The summed E-state index contributed by atoms with van der Waals surface area (Å²) in [7, 11) is 3.19. The first-order chi connectivity index (χ1) is 18.1. The van der Waals surface area contributed by atoms with Gasteiger partial charge in [-0.25, -0.2) is 4.79 Å². The van der Waals surface area contributed by atoms with Crippen molar-refractivity contribution in [2.75, 3.05) is 38.0 Å². The van der Waals surface area contributed by atoms with Crippen molar-refractivity contribution < 1.29 is 32.2 Å². The van der Waals surface area contributed by atoms with E-state index in [1.807, 2.05) is 0 Å². The summed E-state index contributed by atoms with van der Waals surface area (Å²) in [4.78, 5) is 28.3. The number of benzene rings is 2. The van der Waals surface area contributed by atoms with Gasteiger partial charge in [0.25, 0.3) is 5.91 Å². The van der Waals surface area contributed by atoms with E-state index < -0.39 is 17.8 Å². The number of pyridine rings is 1.